The van der Waals surface area contributed by atoms with E-state index in [1.165, 1.54) is 0 Å². The highest BCUT2D eigenvalue weighted by Gasteiger charge is 2.52. The summed E-state index contributed by atoms with van der Waals surface area (Å²) in [6.07, 6.45) is 0. The lowest BCUT2D eigenvalue weighted by Gasteiger charge is -2.32. The number of nitrogens with one attached hydrogen (secondary N) is 1. The Bertz CT molecular complexity index is 500. The Labute approximate surface area is 120 Å². The molecule has 2 aliphatic rings. The summed E-state index contributed by atoms with van der Waals surface area (Å²) >= 11 is 0. The molecule has 20 heavy (non-hydrogen) atoms. The van der Waals surface area contributed by atoms with Gasteiger partial charge in [-0.25, -0.2) is 0 Å². The van der Waals surface area contributed by atoms with E-state index >= 15 is 0 Å². The number of rotatable bonds is 1. The molecule has 2 heterocycles. The minimum Gasteiger partial charge on any atom is -0.399 e. The second-order valence-corrected chi connectivity index (χ2v) is 6.44. The normalized spacial score (nSPS) is 23.9. The Morgan fingerprint density at radius 2 is 1.80 bits per heavy atom. The van der Waals surface area contributed by atoms with E-state index in [1.54, 1.807) is 0 Å². The summed E-state index contributed by atoms with van der Waals surface area (Å²) in [7, 11) is -0.335. The first kappa shape index (κ1) is 13.9. The van der Waals surface area contributed by atoms with Crippen LogP contribution in [0.1, 0.15) is 33.3 Å². The number of hydrogen-bond donors (Lipinski definition) is 1. The number of ether oxygens (including phenoxy) is 1. The summed E-state index contributed by atoms with van der Waals surface area (Å²) in [6, 6.07) is 6.19. The van der Waals surface area contributed by atoms with Gasteiger partial charge >= 0.3 is 7.12 Å². The van der Waals surface area contributed by atoms with E-state index < -0.39 is 0 Å². The number of fused-ring (bicyclic) bond motifs is 1. The Balaban J connectivity index is 1.96. The molecule has 1 fully saturated rings. The zero-order valence-electron chi connectivity index (χ0n) is 12.7. The van der Waals surface area contributed by atoms with Crippen molar-refractivity contribution in [3.05, 3.63) is 23.8 Å². The molecule has 0 saturated carbocycles. The Morgan fingerprint density at radius 3 is 2.50 bits per heavy atom. The maximum atomic E-state index is 6.15. The summed E-state index contributed by atoms with van der Waals surface area (Å²) in [4.78, 5) is 0. The smallest absolute Gasteiger partial charge is 0.399 e. The molecule has 0 bridgehead atoms. The molecule has 0 aliphatic carbocycles. The molecular weight excluding hydrogens is 253 g/mol. The quantitative estimate of drug-likeness (QED) is 0.795. The van der Waals surface area contributed by atoms with Crippen molar-refractivity contribution in [2.24, 2.45) is 0 Å². The van der Waals surface area contributed by atoms with Crippen LogP contribution in [0, 0.1) is 0 Å². The van der Waals surface area contributed by atoms with E-state index in [1.807, 2.05) is 6.07 Å². The van der Waals surface area contributed by atoms with Gasteiger partial charge in [-0.2, -0.15) is 0 Å². The highest BCUT2D eigenvalue weighted by molar-refractivity contribution is 6.62. The Kier molecular flexibility index (Phi) is 3.31. The van der Waals surface area contributed by atoms with Crippen molar-refractivity contribution < 1.29 is 14.0 Å². The van der Waals surface area contributed by atoms with Crippen LogP contribution in [0.2, 0.25) is 0 Å². The molecule has 0 aromatic heterocycles. The van der Waals surface area contributed by atoms with Gasteiger partial charge in [0.25, 0.3) is 0 Å². The first-order valence-electron chi connectivity index (χ1n) is 7.20. The molecule has 1 aromatic rings. The van der Waals surface area contributed by atoms with Gasteiger partial charge in [-0.05, 0) is 39.2 Å². The van der Waals surface area contributed by atoms with Gasteiger partial charge in [0.1, 0.15) is 0 Å². The van der Waals surface area contributed by atoms with E-state index in [2.05, 4.69) is 45.1 Å². The number of benzene rings is 1. The molecule has 0 unspecified atom stereocenters. The highest BCUT2D eigenvalue weighted by atomic mass is 16.7. The van der Waals surface area contributed by atoms with Crippen LogP contribution >= 0.6 is 0 Å². The Morgan fingerprint density at radius 1 is 1.10 bits per heavy atom. The zero-order chi connectivity index (χ0) is 14.4. The minimum absolute atomic E-state index is 0.320. The molecule has 5 heteroatoms. The van der Waals surface area contributed by atoms with Crippen molar-refractivity contribution in [2.75, 3.05) is 18.5 Å². The number of hydrogen-bond acceptors (Lipinski definition) is 4. The van der Waals surface area contributed by atoms with Gasteiger partial charge in [0.05, 0.1) is 24.4 Å². The molecule has 0 atom stereocenters. The molecule has 3 rings (SSSR count). The number of anilines is 1. The second-order valence-electron chi connectivity index (χ2n) is 6.44. The average molecular weight is 275 g/mol. The van der Waals surface area contributed by atoms with E-state index in [9.17, 15) is 0 Å². The van der Waals surface area contributed by atoms with E-state index in [-0.39, 0.29) is 18.3 Å². The fourth-order valence-corrected chi connectivity index (χ4v) is 2.55. The standard InChI is InChI=1S/C15H22BNO3/c1-14(2)15(3,4)20-16(19-14)12-6-5-7-13-11(12)10-18-9-8-17-13/h5-7,17H,8-10H2,1-4H3. The average Bonchev–Trinajstić information content (AvgIpc) is 2.57. The van der Waals surface area contributed by atoms with Crippen molar-refractivity contribution in [3.63, 3.8) is 0 Å². The maximum Gasteiger partial charge on any atom is 0.495 e. The topological polar surface area (TPSA) is 39.7 Å². The van der Waals surface area contributed by atoms with Gasteiger partial charge in [-0.3, -0.25) is 0 Å². The zero-order valence-corrected chi connectivity index (χ0v) is 12.7. The van der Waals surface area contributed by atoms with Crippen LogP contribution in [-0.4, -0.2) is 31.5 Å². The molecule has 2 aliphatic heterocycles. The van der Waals surface area contributed by atoms with Crippen molar-refractivity contribution in [3.8, 4) is 0 Å². The molecule has 0 spiro atoms. The predicted molar refractivity (Wildman–Crippen MR) is 80.3 cm³/mol. The second kappa shape index (κ2) is 4.76. The molecular formula is C15H22BNO3. The van der Waals surface area contributed by atoms with E-state index in [4.69, 9.17) is 14.0 Å². The van der Waals surface area contributed by atoms with Crippen molar-refractivity contribution >= 4 is 18.3 Å². The summed E-state index contributed by atoms with van der Waals surface area (Å²) in [5.74, 6) is 0. The van der Waals surface area contributed by atoms with E-state index in [0.717, 1.165) is 29.9 Å². The maximum absolute atomic E-state index is 6.15. The predicted octanol–water partition coefficient (Wildman–Crippen LogP) is 1.93. The molecule has 1 saturated heterocycles. The van der Waals surface area contributed by atoms with Crippen molar-refractivity contribution in [1.29, 1.82) is 0 Å². The summed E-state index contributed by atoms with van der Waals surface area (Å²) in [6.45, 7) is 10.4. The SMILES string of the molecule is CC1(C)OB(c2cccc3c2COCCN3)OC1(C)C. The van der Waals surface area contributed by atoms with Crippen LogP contribution in [0.25, 0.3) is 0 Å². The first-order chi connectivity index (χ1) is 9.41. The monoisotopic (exact) mass is 275 g/mol. The third-order valence-corrected chi connectivity index (χ3v) is 4.53. The highest BCUT2D eigenvalue weighted by Crippen LogP contribution is 2.37. The summed E-state index contributed by atoms with van der Waals surface area (Å²) in [5.41, 5.74) is 2.69. The molecule has 0 radical (unpaired) electrons. The van der Waals surface area contributed by atoms with Crippen LogP contribution < -0.4 is 10.8 Å². The van der Waals surface area contributed by atoms with E-state index in [0.29, 0.717) is 6.61 Å². The van der Waals surface area contributed by atoms with Crippen LogP contribution in [-0.2, 0) is 20.7 Å². The molecule has 1 aromatic carbocycles. The molecule has 108 valence electrons. The summed E-state index contributed by atoms with van der Waals surface area (Å²) < 4.78 is 18.0. The van der Waals surface area contributed by atoms with Crippen LogP contribution in [0.4, 0.5) is 5.69 Å². The van der Waals surface area contributed by atoms with Gasteiger partial charge in [0.15, 0.2) is 0 Å². The van der Waals surface area contributed by atoms with Gasteiger partial charge in [-0.15, -0.1) is 0 Å². The van der Waals surface area contributed by atoms with Crippen LogP contribution in [0.15, 0.2) is 18.2 Å². The fourth-order valence-electron chi connectivity index (χ4n) is 2.55. The van der Waals surface area contributed by atoms with Crippen LogP contribution in [0.5, 0.6) is 0 Å². The lowest BCUT2D eigenvalue weighted by Crippen LogP contribution is -2.41. The lowest BCUT2D eigenvalue weighted by atomic mass is 9.75. The molecule has 1 N–H and O–H groups in total. The molecule has 0 amide bonds. The minimum atomic E-state index is -0.335. The Hall–Kier alpha value is -1.04. The summed E-state index contributed by atoms with van der Waals surface area (Å²) in [5, 5.41) is 3.39. The van der Waals surface area contributed by atoms with Crippen molar-refractivity contribution in [2.45, 2.75) is 45.5 Å². The van der Waals surface area contributed by atoms with Gasteiger partial charge < -0.3 is 19.4 Å². The van der Waals surface area contributed by atoms with Gasteiger partial charge in [0, 0.05) is 17.8 Å². The van der Waals surface area contributed by atoms with Crippen molar-refractivity contribution in [1.82, 2.24) is 0 Å². The largest absolute Gasteiger partial charge is 0.495 e. The third-order valence-electron chi connectivity index (χ3n) is 4.53. The lowest BCUT2D eigenvalue weighted by molar-refractivity contribution is 0.00578. The fraction of sp³-hybridized carbons (Fsp3) is 0.600. The third kappa shape index (κ3) is 2.24. The molecule has 4 nitrogen and oxygen atoms in total. The van der Waals surface area contributed by atoms with Crippen LogP contribution in [0.3, 0.4) is 0 Å². The van der Waals surface area contributed by atoms with Gasteiger partial charge in [0.2, 0.25) is 0 Å². The first-order valence-corrected chi connectivity index (χ1v) is 7.20. The van der Waals surface area contributed by atoms with Gasteiger partial charge in [-0.1, -0.05) is 12.1 Å².